The number of carbonyl (C=O) groups is 1. The van der Waals surface area contributed by atoms with Crippen LogP contribution in [0.1, 0.15) is 26.3 Å². The van der Waals surface area contributed by atoms with Crippen molar-refractivity contribution >= 4 is 17.5 Å². The van der Waals surface area contributed by atoms with Gasteiger partial charge in [0.2, 0.25) is 0 Å². The maximum Gasteiger partial charge on any atom is 0.408 e. The number of hydrogen-bond acceptors (Lipinski definition) is 5. The molecule has 0 heterocycles. The van der Waals surface area contributed by atoms with Crippen molar-refractivity contribution < 1.29 is 14.3 Å². The second-order valence-corrected chi connectivity index (χ2v) is 7.44. The van der Waals surface area contributed by atoms with Gasteiger partial charge in [0, 0.05) is 6.54 Å². The van der Waals surface area contributed by atoms with E-state index in [1.54, 1.807) is 0 Å². The van der Waals surface area contributed by atoms with Gasteiger partial charge in [-0.05, 0) is 57.5 Å². The number of rotatable bonds is 7. The number of nitrogens with one attached hydrogen (secondary N) is 2. The van der Waals surface area contributed by atoms with Crippen LogP contribution in [0.2, 0.25) is 0 Å². The number of anilines is 2. The fraction of sp³-hybridized carbons (Fsp3) is 0.381. The summed E-state index contributed by atoms with van der Waals surface area (Å²) in [4.78, 5) is 12.2. The van der Waals surface area contributed by atoms with Crippen molar-refractivity contribution in [2.45, 2.75) is 39.3 Å². The molecule has 6 heteroatoms. The molecule has 0 aliphatic heterocycles. The van der Waals surface area contributed by atoms with Gasteiger partial charge in [-0.25, -0.2) is 4.79 Å². The molecule has 2 rings (SSSR count). The van der Waals surface area contributed by atoms with Crippen LogP contribution < -0.4 is 21.1 Å². The van der Waals surface area contributed by atoms with E-state index in [2.05, 4.69) is 10.6 Å². The SMILES string of the molecule is Cc1cccc(OC[C@H](CNc2ccccc2N)NC(=O)OC(C)(C)C)c1. The van der Waals surface area contributed by atoms with Gasteiger partial charge in [0.1, 0.15) is 18.0 Å². The number of aryl methyl sites for hydroxylation is 1. The van der Waals surface area contributed by atoms with Crippen LogP contribution in [0.25, 0.3) is 0 Å². The van der Waals surface area contributed by atoms with Crippen LogP contribution >= 0.6 is 0 Å². The summed E-state index contributed by atoms with van der Waals surface area (Å²) in [6.07, 6.45) is -0.483. The number of hydrogen-bond donors (Lipinski definition) is 3. The molecule has 0 aliphatic rings. The molecule has 6 nitrogen and oxygen atoms in total. The minimum atomic E-state index is -0.566. The Labute approximate surface area is 161 Å². The van der Waals surface area contributed by atoms with E-state index in [-0.39, 0.29) is 6.04 Å². The second-order valence-electron chi connectivity index (χ2n) is 7.44. The summed E-state index contributed by atoms with van der Waals surface area (Å²) in [5.41, 5.74) is 7.97. The van der Waals surface area contributed by atoms with Gasteiger partial charge in [-0.3, -0.25) is 0 Å². The van der Waals surface area contributed by atoms with Gasteiger partial charge in [0.15, 0.2) is 0 Å². The van der Waals surface area contributed by atoms with Gasteiger partial charge in [-0.1, -0.05) is 24.3 Å². The molecule has 2 aromatic carbocycles. The van der Waals surface area contributed by atoms with Gasteiger partial charge >= 0.3 is 6.09 Å². The highest BCUT2D eigenvalue weighted by molar-refractivity contribution is 5.69. The number of benzene rings is 2. The lowest BCUT2D eigenvalue weighted by atomic mass is 10.2. The number of carbonyl (C=O) groups excluding carboxylic acids is 1. The van der Waals surface area contributed by atoms with Crippen LogP contribution in [-0.2, 0) is 4.74 Å². The Kier molecular flexibility index (Phi) is 6.93. The first-order chi connectivity index (χ1) is 12.7. The molecule has 0 aromatic heterocycles. The zero-order valence-electron chi connectivity index (χ0n) is 16.4. The monoisotopic (exact) mass is 371 g/mol. The van der Waals surface area contributed by atoms with Crippen LogP contribution in [0.3, 0.4) is 0 Å². The van der Waals surface area contributed by atoms with E-state index < -0.39 is 11.7 Å². The molecule has 4 N–H and O–H groups in total. The van der Waals surface area contributed by atoms with Gasteiger partial charge in [-0.15, -0.1) is 0 Å². The van der Waals surface area contributed by atoms with Crippen molar-refractivity contribution in [2.75, 3.05) is 24.2 Å². The molecule has 2 aromatic rings. The molecule has 0 fully saturated rings. The third kappa shape index (κ3) is 7.48. The van der Waals surface area contributed by atoms with E-state index in [1.165, 1.54) is 0 Å². The minimum Gasteiger partial charge on any atom is -0.491 e. The predicted molar refractivity (Wildman–Crippen MR) is 109 cm³/mol. The van der Waals surface area contributed by atoms with E-state index in [0.29, 0.717) is 18.8 Å². The van der Waals surface area contributed by atoms with E-state index in [9.17, 15) is 4.79 Å². The number of ether oxygens (including phenoxy) is 2. The summed E-state index contributed by atoms with van der Waals surface area (Å²) in [5, 5.41) is 6.11. The maximum absolute atomic E-state index is 12.2. The first kappa shape index (κ1) is 20.4. The van der Waals surface area contributed by atoms with E-state index in [4.69, 9.17) is 15.2 Å². The smallest absolute Gasteiger partial charge is 0.408 e. The molecular weight excluding hydrogens is 342 g/mol. The van der Waals surface area contributed by atoms with Gasteiger partial charge in [0.05, 0.1) is 17.4 Å². The highest BCUT2D eigenvalue weighted by Crippen LogP contribution is 2.17. The lowest BCUT2D eigenvalue weighted by molar-refractivity contribution is 0.0492. The summed E-state index contributed by atoms with van der Waals surface area (Å²) < 4.78 is 11.2. The zero-order chi connectivity index (χ0) is 19.9. The lowest BCUT2D eigenvalue weighted by Gasteiger charge is -2.24. The summed E-state index contributed by atoms with van der Waals surface area (Å²) in [6.45, 7) is 8.22. The summed E-state index contributed by atoms with van der Waals surface area (Å²) in [6, 6.07) is 15.0. The van der Waals surface area contributed by atoms with E-state index in [1.807, 2.05) is 76.2 Å². The standard InChI is InChI=1S/C21H29N3O3/c1-15-8-7-9-17(12-15)26-14-16(24-20(25)27-21(2,3)4)13-23-19-11-6-5-10-18(19)22/h5-12,16,23H,13-14,22H2,1-4H3,(H,24,25)/t16-/m0/s1. The number of amides is 1. The molecule has 0 spiro atoms. The Morgan fingerprint density at radius 1 is 1.15 bits per heavy atom. The molecule has 1 atom stereocenters. The lowest BCUT2D eigenvalue weighted by Crippen LogP contribution is -2.45. The maximum atomic E-state index is 12.2. The van der Waals surface area contributed by atoms with E-state index in [0.717, 1.165) is 17.0 Å². The highest BCUT2D eigenvalue weighted by Gasteiger charge is 2.20. The molecule has 0 aliphatic carbocycles. The summed E-state index contributed by atoms with van der Waals surface area (Å²) >= 11 is 0. The second kappa shape index (κ2) is 9.16. The molecule has 146 valence electrons. The first-order valence-corrected chi connectivity index (χ1v) is 9.00. The van der Waals surface area contributed by atoms with Crippen LogP contribution in [-0.4, -0.2) is 30.9 Å². The fourth-order valence-corrected chi connectivity index (χ4v) is 2.42. The molecule has 1 amide bonds. The summed E-state index contributed by atoms with van der Waals surface area (Å²) in [5.74, 6) is 0.755. The molecule has 0 bridgehead atoms. The average molecular weight is 371 g/mol. The Morgan fingerprint density at radius 3 is 2.56 bits per heavy atom. The van der Waals surface area contributed by atoms with Crippen molar-refractivity contribution in [3.63, 3.8) is 0 Å². The van der Waals surface area contributed by atoms with Crippen LogP contribution in [0.4, 0.5) is 16.2 Å². The van der Waals surface area contributed by atoms with Crippen LogP contribution in [0, 0.1) is 6.92 Å². The molecule has 0 saturated heterocycles. The van der Waals surface area contributed by atoms with Gasteiger partial charge in [0.25, 0.3) is 0 Å². The first-order valence-electron chi connectivity index (χ1n) is 9.00. The number of para-hydroxylation sites is 2. The summed E-state index contributed by atoms with van der Waals surface area (Å²) in [7, 11) is 0. The minimum absolute atomic E-state index is 0.294. The third-order valence-electron chi connectivity index (χ3n) is 3.66. The Hall–Kier alpha value is -2.89. The average Bonchev–Trinajstić information content (AvgIpc) is 2.57. The van der Waals surface area contributed by atoms with Crippen LogP contribution in [0.15, 0.2) is 48.5 Å². The Balaban J connectivity index is 2.00. The number of nitrogen functional groups attached to an aromatic ring is 1. The van der Waals surface area contributed by atoms with Gasteiger partial charge < -0.3 is 25.8 Å². The fourth-order valence-electron chi connectivity index (χ4n) is 2.42. The number of nitrogens with two attached hydrogens (primary N) is 1. The largest absolute Gasteiger partial charge is 0.491 e. The molecular formula is C21H29N3O3. The Bertz CT molecular complexity index is 756. The number of alkyl carbamates (subject to hydrolysis) is 1. The van der Waals surface area contributed by atoms with Crippen molar-refractivity contribution in [2.24, 2.45) is 0 Å². The van der Waals surface area contributed by atoms with Gasteiger partial charge in [-0.2, -0.15) is 0 Å². The molecule has 0 radical (unpaired) electrons. The zero-order valence-corrected chi connectivity index (χ0v) is 16.4. The third-order valence-corrected chi connectivity index (χ3v) is 3.66. The van der Waals surface area contributed by atoms with Crippen molar-refractivity contribution in [1.82, 2.24) is 5.32 Å². The quantitative estimate of drug-likeness (QED) is 0.642. The van der Waals surface area contributed by atoms with E-state index >= 15 is 0 Å². The van der Waals surface area contributed by atoms with Crippen LogP contribution in [0.5, 0.6) is 5.75 Å². The highest BCUT2D eigenvalue weighted by atomic mass is 16.6. The molecule has 0 unspecified atom stereocenters. The van der Waals surface area contributed by atoms with Crippen molar-refractivity contribution in [3.8, 4) is 5.75 Å². The normalized spacial score (nSPS) is 12.1. The molecule has 27 heavy (non-hydrogen) atoms. The van der Waals surface area contributed by atoms with Crippen molar-refractivity contribution in [1.29, 1.82) is 0 Å². The predicted octanol–water partition coefficient (Wildman–Crippen LogP) is 3.96. The van der Waals surface area contributed by atoms with Crippen molar-refractivity contribution in [3.05, 3.63) is 54.1 Å². The molecule has 0 saturated carbocycles. The topological polar surface area (TPSA) is 85.6 Å². The Morgan fingerprint density at radius 2 is 1.89 bits per heavy atom.